The van der Waals surface area contributed by atoms with Gasteiger partial charge in [0.1, 0.15) is 0 Å². The Kier molecular flexibility index (Phi) is 3.15. The minimum absolute atomic E-state index is 0.115. The van der Waals surface area contributed by atoms with Crippen LogP contribution in [-0.4, -0.2) is 18.6 Å². The second-order valence-corrected chi connectivity index (χ2v) is 5.51. The summed E-state index contributed by atoms with van der Waals surface area (Å²) in [6.07, 6.45) is -9.46. The van der Waals surface area contributed by atoms with E-state index in [1.807, 2.05) is 0 Å². The van der Waals surface area contributed by atoms with Crippen molar-refractivity contribution in [3.63, 3.8) is 0 Å². The average molecular weight is 285 g/mol. The molecule has 0 radical (unpaired) electrons. The number of benzene rings is 1. The molecule has 0 aliphatic heterocycles. The van der Waals surface area contributed by atoms with Crippen LogP contribution < -0.4 is 4.12 Å². The molecular formula is C8H5F6Ga. The van der Waals surface area contributed by atoms with E-state index in [0.29, 0.717) is 0 Å². The summed E-state index contributed by atoms with van der Waals surface area (Å²) in [7, 11) is 0. The molecule has 0 unspecified atom stereocenters. The fraction of sp³-hybridized carbons (Fsp3) is 0.250. The molecule has 0 aliphatic rings. The summed E-state index contributed by atoms with van der Waals surface area (Å²) in [4.78, 5) is 0. The first-order valence-electron chi connectivity index (χ1n) is 3.87. The average Bonchev–Trinajstić information content (AvgIpc) is 1.99. The standard InChI is InChI=1S/C8H3F6.Ga.2H/c9-7(10,11)5-2-1-3-6(4-5)8(12,13)14;;;/h2-4H;;;. The second kappa shape index (κ2) is 3.78. The molecule has 0 saturated heterocycles. The van der Waals surface area contributed by atoms with E-state index < -0.39 is 23.5 Å². The molecule has 0 N–H and O–H groups in total. The zero-order valence-electron chi connectivity index (χ0n) is 7.50. The van der Waals surface area contributed by atoms with Gasteiger partial charge in [0, 0.05) is 0 Å². The van der Waals surface area contributed by atoms with Crippen molar-refractivity contribution in [3.05, 3.63) is 29.3 Å². The number of hydrogen-bond donors (Lipinski definition) is 0. The van der Waals surface area contributed by atoms with Gasteiger partial charge >= 0.3 is 90.7 Å². The van der Waals surface area contributed by atoms with E-state index in [1.165, 1.54) is 0 Å². The monoisotopic (exact) mass is 284 g/mol. The number of halogens is 6. The van der Waals surface area contributed by atoms with Crippen LogP contribution in [0.4, 0.5) is 26.3 Å². The van der Waals surface area contributed by atoms with Crippen LogP contribution in [0.15, 0.2) is 18.2 Å². The summed E-state index contributed by atoms with van der Waals surface area (Å²) in [5, 5.41) is 0. The minimum atomic E-state index is -4.73. The van der Waals surface area contributed by atoms with Crippen molar-refractivity contribution in [1.82, 2.24) is 0 Å². The van der Waals surface area contributed by atoms with Gasteiger partial charge in [-0.05, 0) is 0 Å². The van der Waals surface area contributed by atoms with Crippen LogP contribution in [0.3, 0.4) is 0 Å². The third-order valence-corrected chi connectivity index (χ3v) is 2.94. The first-order chi connectivity index (χ1) is 6.60. The topological polar surface area (TPSA) is 0 Å². The van der Waals surface area contributed by atoms with Gasteiger partial charge < -0.3 is 0 Å². The summed E-state index contributed by atoms with van der Waals surface area (Å²) in [5.74, 6) is 0. The molecule has 0 aromatic heterocycles. The van der Waals surface area contributed by atoms with Crippen molar-refractivity contribution >= 4 is 22.7 Å². The van der Waals surface area contributed by atoms with Crippen molar-refractivity contribution in [2.24, 2.45) is 0 Å². The molecule has 82 valence electrons. The summed E-state index contributed by atoms with van der Waals surface area (Å²) in [6.45, 7) is 0. The summed E-state index contributed by atoms with van der Waals surface area (Å²) in [5.41, 5.74) is -2.47. The molecule has 0 bridgehead atoms. The van der Waals surface area contributed by atoms with Gasteiger partial charge in [0.2, 0.25) is 0 Å². The fourth-order valence-corrected chi connectivity index (χ4v) is 2.42. The first kappa shape index (κ1) is 12.5. The van der Waals surface area contributed by atoms with E-state index in [9.17, 15) is 26.3 Å². The summed E-state index contributed by atoms with van der Waals surface area (Å²) in [6, 6.07) is 1.65. The van der Waals surface area contributed by atoms with Crippen molar-refractivity contribution in [1.29, 1.82) is 0 Å². The van der Waals surface area contributed by atoms with Crippen molar-refractivity contribution < 1.29 is 26.3 Å². The molecule has 0 heterocycles. The molecule has 0 fully saturated rings. The molecule has 1 aromatic rings. The Balaban J connectivity index is 3.30. The van der Waals surface area contributed by atoms with Gasteiger partial charge in [0.05, 0.1) is 0 Å². The van der Waals surface area contributed by atoms with E-state index in [0.717, 1.165) is 12.1 Å². The van der Waals surface area contributed by atoms with Crippen LogP contribution in [0.5, 0.6) is 0 Å². The van der Waals surface area contributed by atoms with Crippen LogP contribution in [0.2, 0.25) is 0 Å². The van der Waals surface area contributed by atoms with E-state index >= 15 is 0 Å². The van der Waals surface area contributed by atoms with Gasteiger partial charge in [-0.25, -0.2) is 0 Å². The van der Waals surface area contributed by atoms with E-state index in [-0.39, 0.29) is 28.8 Å². The Morgan fingerprint density at radius 3 is 1.33 bits per heavy atom. The van der Waals surface area contributed by atoms with Crippen LogP contribution in [0.25, 0.3) is 0 Å². The molecular weight excluding hydrogens is 280 g/mol. The van der Waals surface area contributed by atoms with E-state index in [2.05, 4.69) is 0 Å². The third-order valence-electron chi connectivity index (χ3n) is 1.73. The molecule has 1 rings (SSSR count). The fourth-order valence-electron chi connectivity index (χ4n) is 1.11. The van der Waals surface area contributed by atoms with E-state index in [1.54, 1.807) is 0 Å². The molecule has 1 aromatic carbocycles. The number of alkyl halides is 6. The Morgan fingerprint density at radius 1 is 0.733 bits per heavy atom. The van der Waals surface area contributed by atoms with Crippen LogP contribution >= 0.6 is 0 Å². The predicted molar refractivity (Wildman–Crippen MR) is 44.6 cm³/mol. The maximum atomic E-state index is 12.2. The zero-order valence-corrected chi connectivity index (χ0v) is 11.7. The van der Waals surface area contributed by atoms with E-state index in [4.69, 9.17) is 0 Å². The molecule has 0 nitrogen and oxygen atoms in total. The molecule has 0 spiro atoms. The molecule has 0 saturated carbocycles. The maximum absolute atomic E-state index is 12.2. The Morgan fingerprint density at radius 2 is 1.07 bits per heavy atom. The van der Waals surface area contributed by atoms with Crippen LogP contribution in [-0.2, 0) is 12.4 Å². The molecule has 7 heteroatoms. The molecule has 15 heavy (non-hydrogen) atoms. The van der Waals surface area contributed by atoms with Crippen molar-refractivity contribution in [2.75, 3.05) is 0 Å². The van der Waals surface area contributed by atoms with Gasteiger partial charge in [-0.15, -0.1) is 0 Å². The van der Waals surface area contributed by atoms with Gasteiger partial charge in [0.25, 0.3) is 0 Å². The zero-order chi connectivity index (χ0) is 11.9. The quantitative estimate of drug-likeness (QED) is 0.505. The summed E-state index contributed by atoms with van der Waals surface area (Å²) < 4.78 is 73.3. The predicted octanol–water partition coefficient (Wildman–Crippen LogP) is 1.98. The molecule has 0 atom stereocenters. The summed E-state index contributed by atoms with van der Waals surface area (Å²) >= 11 is -0.228. The Hall–Kier alpha value is -0.564. The second-order valence-electron chi connectivity index (χ2n) is 3.08. The van der Waals surface area contributed by atoms with Crippen molar-refractivity contribution in [2.45, 2.75) is 12.4 Å². The Bertz CT molecular complexity index is 332. The molecule has 0 aliphatic carbocycles. The normalized spacial score (nSPS) is 12.9. The number of rotatable bonds is 0. The Labute approximate surface area is 91.2 Å². The van der Waals surface area contributed by atoms with Crippen LogP contribution in [0, 0.1) is 0 Å². The third kappa shape index (κ3) is 3.20. The van der Waals surface area contributed by atoms with Gasteiger partial charge in [0.15, 0.2) is 0 Å². The molecule has 0 amide bonds. The SMILES string of the molecule is FC(F)(F)c1c[c]([GaH2])cc(C(F)(F)F)c1. The first-order valence-corrected chi connectivity index (χ1v) is 5.96. The van der Waals surface area contributed by atoms with Gasteiger partial charge in [-0.2, -0.15) is 0 Å². The number of hydrogen-bond acceptors (Lipinski definition) is 0. The van der Waals surface area contributed by atoms with Crippen molar-refractivity contribution in [3.8, 4) is 0 Å². The van der Waals surface area contributed by atoms with Crippen LogP contribution in [0.1, 0.15) is 11.1 Å². The van der Waals surface area contributed by atoms with Gasteiger partial charge in [-0.1, -0.05) is 0 Å². The van der Waals surface area contributed by atoms with Gasteiger partial charge in [-0.3, -0.25) is 0 Å².